The molecule has 0 spiro atoms. The van der Waals surface area contributed by atoms with Crippen molar-refractivity contribution in [2.24, 2.45) is 0 Å². The molecule has 2 N–H and O–H groups in total. The van der Waals surface area contributed by atoms with E-state index in [-0.39, 0.29) is 5.69 Å². The predicted molar refractivity (Wildman–Crippen MR) is 87.4 cm³/mol. The predicted octanol–water partition coefficient (Wildman–Crippen LogP) is 2.11. The Labute approximate surface area is 142 Å². The van der Waals surface area contributed by atoms with E-state index in [4.69, 9.17) is 9.84 Å². The number of carboxylic acids is 1. The van der Waals surface area contributed by atoms with Gasteiger partial charge in [-0.2, -0.15) is 8.42 Å². The molecule has 1 amide bonds. The number of nitrogens with zero attached hydrogens (tertiary/aromatic N) is 1. The summed E-state index contributed by atoms with van der Waals surface area (Å²) < 4.78 is 32.4. The number of anilines is 1. The van der Waals surface area contributed by atoms with Crippen LogP contribution in [-0.4, -0.2) is 37.7 Å². The number of benzene rings is 1. The summed E-state index contributed by atoms with van der Waals surface area (Å²) in [5.41, 5.74) is -0.805. The standard InChI is InChI=1S/C13H17BrN2O6S/c1-13(2,3)22-12(19)15-23(20,21)16(8-11(17)18)10-6-4-9(14)5-7-10/h4-7H,8H2,1-3H3,(H,15,19)(H,17,18). The summed E-state index contributed by atoms with van der Waals surface area (Å²) in [6.07, 6.45) is -1.19. The Kier molecular flexibility index (Phi) is 6.00. The number of carbonyl (C=O) groups is 2. The molecule has 0 aliphatic carbocycles. The van der Waals surface area contributed by atoms with Gasteiger partial charge >= 0.3 is 22.3 Å². The van der Waals surface area contributed by atoms with Gasteiger partial charge < -0.3 is 9.84 Å². The first-order chi connectivity index (χ1) is 10.4. The topological polar surface area (TPSA) is 113 Å². The molecule has 0 saturated carbocycles. The van der Waals surface area contributed by atoms with Gasteiger partial charge in [-0.1, -0.05) is 15.9 Å². The second kappa shape index (κ2) is 7.18. The number of ether oxygens (including phenoxy) is 1. The van der Waals surface area contributed by atoms with Crippen LogP contribution in [0.15, 0.2) is 28.7 Å². The lowest BCUT2D eigenvalue weighted by atomic mass is 10.2. The highest BCUT2D eigenvalue weighted by Gasteiger charge is 2.29. The second-order valence-electron chi connectivity index (χ2n) is 5.49. The summed E-state index contributed by atoms with van der Waals surface area (Å²) in [7, 11) is -4.44. The number of hydrogen-bond acceptors (Lipinski definition) is 5. The van der Waals surface area contributed by atoms with Crippen molar-refractivity contribution in [1.29, 1.82) is 0 Å². The zero-order valence-electron chi connectivity index (χ0n) is 12.7. The Balaban J connectivity index is 3.07. The monoisotopic (exact) mass is 408 g/mol. The molecule has 1 rings (SSSR count). The van der Waals surface area contributed by atoms with Gasteiger partial charge in [-0.25, -0.2) is 13.8 Å². The lowest BCUT2D eigenvalue weighted by Crippen LogP contribution is -2.47. The van der Waals surface area contributed by atoms with Crippen LogP contribution in [-0.2, 0) is 19.7 Å². The van der Waals surface area contributed by atoms with Gasteiger partial charge in [0.1, 0.15) is 12.1 Å². The second-order valence-corrected chi connectivity index (χ2v) is 8.00. The number of halogens is 1. The molecule has 0 aliphatic heterocycles. The van der Waals surface area contributed by atoms with Gasteiger partial charge in [0.2, 0.25) is 0 Å². The van der Waals surface area contributed by atoms with Crippen molar-refractivity contribution < 1.29 is 27.9 Å². The minimum absolute atomic E-state index is 0.0895. The van der Waals surface area contributed by atoms with Crippen molar-refractivity contribution in [3.63, 3.8) is 0 Å². The fourth-order valence-electron chi connectivity index (χ4n) is 1.50. The quantitative estimate of drug-likeness (QED) is 0.770. The van der Waals surface area contributed by atoms with Crippen molar-refractivity contribution in [2.45, 2.75) is 26.4 Å². The number of aliphatic carboxylic acids is 1. The van der Waals surface area contributed by atoms with Gasteiger partial charge in [0.15, 0.2) is 0 Å². The Morgan fingerprint density at radius 3 is 2.22 bits per heavy atom. The SMILES string of the molecule is CC(C)(C)OC(=O)NS(=O)(=O)N(CC(=O)O)c1ccc(Br)cc1. The Morgan fingerprint density at radius 2 is 1.78 bits per heavy atom. The highest BCUT2D eigenvalue weighted by Crippen LogP contribution is 2.20. The molecule has 128 valence electrons. The molecule has 0 aromatic heterocycles. The van der Waals surface area contributed by atoms with E-state index in [0.717, 1.165) is 0 Å². The average Bonchev–Trinajstić information content (AvgIpc) is 2.33. The maximum Gasteiger partial charge on any atom is 0.422 e. The van der Waals surface area contributed by atoms with E-state index in [2.05, 4.69) is 15.9 Å². The zero-order valence-corrected chi connectivity index (χ0v) is 15.1. The highest BCUT2D eigenvalue weighted by molar-refractivity contribution is 9.10. The molecule has 1 aromatic rings. The van der Waals surface area contributed by atoms with Gasteiger partial charge in [0, 0.05) is 4.47 Å². The first-order valence-corrected chi connectivity index (χ1v) is 8.65. The van der Waals surface area contributed by atoms with E-state index >= 15 is 0 Å². The first kappa shape index (κ1) is 19.2. The maximum atomic E-state index is 12.3. The Hall–Kier alpha value is -1.81. The molecule has 0 heterocycles. The number of nitrogens with one attached hydrogen (secondary N) is 1. The maximum absolute atomic E-state index is 12.3. The van der Waals surface area contributed by atoms with Crippen LogP contribution >= 0.6 is 15.9 Å². The fraction of sp³-hybridized carbons (Fsp3) is 0.385. The molecule has 0 radical (unpaired) electrons. The normalized spacial score (nSPS) is 11.7. The summed E-state index contributed by atoms with van der Waals surface area (Å²) in [5, 5.41) is 8.92. The van der Waals surface area contributed by atoms with Gasteiger partial charge in [-0.05, 0) is 45.0 Å². The molecule has 0 atom stereocenters. The van der Waals surface area contributed by atoms with Crippen LogP contribution in [0.4, 0.5) is 10.5 Å². The number of carbonyl (C=O) groups excluding carboxylic acids is 1. The van der Waals surface area contributed by atoms with Crippen LogP contribution in [0, 0.1) is 0 Å². The Bertz CT molecular complexity index is 681. The number of rotatable bonds is 5. The first-order valence-electron chi connectivity index (χ1n) is 6.41. The molecule has 0 saturated heterocycles. The summed E-state index contributed by atoms with van der Waals surface area (Å²) in [4.78, 5) is 22.6. The number of amides is 1. The van der Waals surface area contributed by atoms with Crippen LogP contribution in [0.5, 0.6) is 0 Å². The van der Waals surface area contributed by atoms with Crippen molar-refractivity contribution in [2.75, 3.05) is 10.8 Å². The largest absolute Gasteiger partial charge is 0.480 e. The van der Waals surface area contributed by atoms with Crippen molar-refractivity contribution in [3.8, 4) is 0 Å². The molecule has 8 nitrogen and oxygen atoms in total. The van der Waals surface area contributed by atoms with E-state index in [1.54, 1.807) is 37.6 Å². The average molecular weight is 409 g/mol. The van der Waals surface area contributed by atoms with Gasteiger partial charge in [-0.3, -0.25) is 4.79 Å². The highest BCUT2D eigenvalue weighted by atomic mass is 79.9. The fourth-order valence-corrected chi connectivity index (χ4v) is 2.81. The number of carboxylic acid groups (broad SMARTS) is 1. The number of hydrogen-bond donors (Lipinski definition) is 2. The summed E-state index contributed by atoms with van der Waals surface area (Å²) in [6, 6.07) is 5.91. The third-order valence-electron chi connectivity index (χ3n) is 2.29. The van der Waals surface area contributed by atoms with Crippen LogP contribution < -0.4 is 9.03 Å². The van der Waals surface area contributed by atoms with Crippen molar-refractivity contribution in [1.82, 2.24) is 4.72 Å². The molecule has 23 heavy (non-hydrogen) atoms. The molecule has 1 aromatic carbocycles. The van der Waals surface area contributed by atoms with E-state index in [9.17, 15) is 18.0 Å². The molecule has 10 heteroatoms. The zero-order chi connectivity index (χ0) is 17.8. The minimum atomic E-state index is -4.44. The summed E-state index contributed by atoms with van der Waals surface area (Å²) in [5.74, 6) is -1.37. The lowest BCUT2D eigenvalue weighted by molar-refractivity contribution is -0.135. The van der Waals surface area contributed by atoms with Gasteiger partial charge in [0.05, 0.1) is 5.69 Å². The molecular weight excluding hydrogens is 392 g/mol. The molecule has 0 fully saturated rings. The van der Waals surface area contributed by atoms with Crippen LogP contribution in [0.1, 0.15) is 20.8 Å². The minimum Gasteiger partial charge on any atom is -0.480 e. The van der Waals surface area contributed by atoms with Gasteiger partial charge in [0.25, 0.3) is 0 Å². The van der Waals surface area contributed by atoms with Gasteiger partial charge in [-0.15, -0.1) is 0 Å². The molecule has 0 aliphatic rings. The third-order valence-corrected chi connectivity index (χ3v) is 4.17. The molecular formula is C13H17BrN2O6S. The van der Waals surface area contributed by atoms with E-state index in [0.29, 0.717) is 8.78 Å². The van der Waals surface area contributed by atoms with E-state index in [1.807, 2.05) is 0 Å². The van der Waals surface area contributed by atoms with Crippen molar-refractivity contribution >= 4 is 43.9 Å². The summed E-state index contributed by atoms with van der Waals surface area (Å²) >= 11 is 3.20. The Morgan fingerprint density at radius 1 is 1.26 bits per heavy atom. The van der Waals surface area contributed by atoms with E-state index in [1.165, 1.54) is 12.1 Å². The smallest absolute Gasteiger partial charge is 0.422 e. The van der Waals surface area contributed by atoms with Crippen LogP contribution in [0.3, 0.4) is 0 Å². The third kappa shape index (κ3) is 6.45. The summed E-state index contributed by atoms with van der Waals surface area (Å²) in [6.45, 7) is 3.87. The van der Waals surface area contributed by atoms with Crippen LogP contribution in [0.2, 0.25) is 0 Å². The van der Waals surface area contributed by atoms with Crippen LogP contribution in [0.25, 0.3) is 0 Å². The van der Waals surface area contributed by atoms with E-state index < -0.39 is 34.4 Å². The molecule has 0 unspecified atom stereocenters. The lowest BCUT2D eigenvalue weighted by Gasteiger charge is -2.24. The molecule has 0 bridgehead atoms. The van der Waals surface area contributed by atoms with Crippen molar-refractivity contribution in [3.05, 3.63) is 28.7 Å².